The molecule has 5 aromatic rings. The standard InChI is InChI=1S/C29H29N9O19S6/c1-16-21(15-30)28(32-7-10-58(39,40)11-9-57-63(53,54)55)33-29(31-6-8-56-62(50,51)52)26(16)35-34-22-4-2-17(12-25(22)61(47,48)49)38-36-23-5-3-19-20(27(23)37-38)13-18(59(41,42)43)14-24(19)60(44,45)46/h2-5,12-14H,6-11H2,1H3,(H2,31,32,33)(H,41,42,43)(H,44,45,46)(H,47,48,49)(H,50,51,52)(H,53,54,55). The molecule has 0 atom stereocenters. The molecule has 2 heterocycles. The third kappa shape index (κ3) is 12.4. The number of sulfone groups is 1. The first kappa shape index (κ1) is 48.6. The molecular formula is C29H29N9O19S6. The van der Waals surface area contributed by atoms with Crippen molar-refractivity contribution in [2.75, 3.05) is 48.4 Å². The number of benzene rings is 3. The van der Waals surface area contributed by atoms with Gasteiger partial charge in [0.15, 0.2) is 15.7 Å². The minimum absolute atomic E-state index is 0.0310. The Balaban J connectivity index is 1.55. The lowest BCUT2D eigenvalue weighted by atomic mass is 10.1. The largest absolute Gasteiger partial charge is 0.397 e. The van der Waals surface area contributed by atoms with Gasteiger partial charge in [-0.2, -0.15) is 52.1 Å². The van der Waals surface area contributed by atoms with Gasteiger partial charge >= 0.3 is 20.8 Å². The van der Waals surface area contributed by atoms with E-state index in [0.717, 1.165) is 29.1 Å². The van der Waals surface area contributed by atoms with Crippen LogP contribution in [-0.4, -0.2) is 131 Å². The first-order valence-electron chi connectivity index (χ1n) is 16.7. The van der Waals surface area contributed by atoms with Crippen molar-refractivity contribution in [1.29, 1.82) is 5.26 Å². The van der Waals surface area contributed by atoms with Crippen molar-refractivity contribution in [2.45, 2.75) is 21.6 Å². The zero-order chi connectivity index (χ0) is 46.9. The molecule has 0 unspecified atom stereocenters. The number of nitriles is 1. The van der Waals surface area contributed by atoms with Crippen LogP contribution in [0.4, 0.5) is 23.0 Å². The summed E-state index contributed by atoms with van der Waals surface area (Å²) in [5.41, 5.74) is -1.58. The quantitative estimate of drug-likeness (QED) is 0.0347. The summed E-state index contributed by atoms with van der Waals surface area (Å²) in [6.45, 7) is -1.15. The fraction of sp³-hybridized carbons (Fsp3) is 0.241. The van der Waals surface area contributed by atoms with E-state index in [-0.39, 0.29) is 55.9 Å². The lowest BCUT2D eigenvalue weighted by Gasteiger charge is -2.15. The summed E-state index contributed by atoms with van der Waals surface area (Å²) in [5.74, 6) is -2.07. The average molecular weight is 1000 g/mol. The highest BCUT2D eigenvalue weighted by Crippen LogP contribution is 2.37. The topological polar surface area (TPSA) is 441 Å². The molecule has 2 aromatic heterocycles. The Morgan fingerprint density at radius 1 is 0.698 bits per heavy atom. The maximum absolute atomic E-state index is 12.7. The number of nitrogens with zero attached hydrogens (tertiary/aromatic N) is 7. The molecule has 28 nitrogen and oxygen atoms in total. The number of azo groups is 1. The summed E-state index contributed by atoms with van der Waals surface area (Å²) in [4.78, 5) is 2.26. The molecule has 0 saturated heterocycles. The van der Waals surface area contributed by atoms with Gasteiger partial charge in [-0.15, -0.1) is 20.4 Å². The van der Waals surface area contributed by atoms with Crippen LogP contribution in [0.1, 0.15) is 11.1 Å². The van der Waals surface area contributed by atoms with Crippen molar-refractivity contribution in [2.24, 2.45) is 10.2 Å². The van der Waals surface area contributed by atoms with Crippen LogP contribution in [0.3, 0.4) is 0 Å². The Morgan fingerprint density at radius 2 is 1.33 bits per heavy atom. The van der Waals surface area contributed by atoms with Crippen LogP contribution in [0.2, 0.25) is 0 Å². The van der Waals surface area contributed by atoms with Crippen LogP contribution in [0, 0.1) is 18.3 Å². The number of hydrogen-bond acceptors (Lipinski definition) is 22. The van der Waals surface area contributed by atoms with E-state index in [1.807, 2.05) is 6.07 Å². The van der Waals surface area contributed by atoms with Gasteiger partial charge in [-0.3, -0.25) is 22.8 Å². The van der Waals surface area contributed by atoms with Gasteiger partial charge in [0, 0.05) is 29.4 Å². The van der Waals surface area contributed by atoms with Crippen molar-refractivity contribution < 1.29 is 81.6 Å². The Morgan fingerprint density at radius 3 is 1.94 bits per heavy atom. The fourth-order valence-corrected chi connectivity index (χ4v) is 9.10. The molecular weight excluding hydrogens is 971 g/mol. The molecule has 0 aliphatic rings. The highest BCUT2D eigenvalue weighted by atomic mass is 32.3. The molecule has 34 heteroatoms. The molecule has 0 aliphatic carbocycles. The van der Waals surface area contributed by atoms with Crippen LogP contribution in [0.15, 0.2) is 67.4 Å². The summed E-state index contributed by atoms with van der Waals surface area (Å²) in [6.07, 6.45) is 0. The molecule has 0 spiro atoms. The van der Waals surface area contributed by atoms with Gasteiger partial charge in [0.05, 0.1) is 40.9 Å². The molecule has 7 N–H and O–H groups in total. The number of anilines is 2. The van der Waals surface area contributed by atoms with Crippen LogP contribution >= 0.6 is 0 Å². The predicted molar refractivity (Wildman–Crippen MR) is 214 cm³/mol. The average Bonchev–Trinajstić information content (AvgIpc) is 3.59. The van der Waals surface area contributed by atoms with Crippen molar-refractivity contribution in [3.05, 3.63) is 53.6 Å². The Labute approximate surface area is 356 Å². The van der Waals surface area contributed by atoms with E-state index in [1.165, 1.54) is 19.1 Å². The Bertz CT molecular complexity index is 3430. The number of fused-ring (bicyclic) bond motifs is 3. The van der Waals surface area contributed by atoms with Gasteiger partial charge in [-0.05, 0) is 43.3 Å². The molecule has 3 aromatic carbocycles. The SMILES string of the molecule is Cc1c(C#N)c(NCCS(=O)(=O)CCOS(=O)(=O)O)nc(NCCOS(=O)(=O)O)c1N=Nc1ccc(-n2nc3ccc4c(S(=O)(=O)O)cc(S(=O)(=O)O)cc4c3n2)cc1S(=O)(=O)O. The zero-order valence-electron chi connectivity index (χ0n) is 31.3. The summed E-state index contributed by atoms with van der Waals surface area (Å²) < 4.78 is 197. The van der Waals surface area contributed by atoms with E-state index in [9.17, 15) is 69.4 Å². The van der Waals surface area contributed by atoms with E-state index in [1.54, 1.807) is 0 Å². The van der Waals surface area contributed by atoms with E-state index in [4.69, 9.17) is 9.11 Å². The highest BCUT2D eigenvalue weighted by Gasteiger charge is 2.25. The van der Waals surface area contributed by atoms with Crippen molar-refractivity contribution in [3.8, 4) is 11.8 Å². The molecule has 63 heavy (non-hydrogen) atoms. The Kier molecular flexibility index (Phi) is 13.9. The molecule has 5 rings (SSSR count). The molecule has 0 fully saturated rings. The first-order chi connectivity index (χ1) is 29.0. The van der Waals surface area contributed by atoms with E-state index in [2.05, 4.69) is 44.4 Å². The normalized spacial score (nSPS) is 13.2. The van der Waals surface area contributed by atoms with Crippen molar-refractivity contribution in [3.63, 3.8) is 0 Å². The third-order valence-corrected chi connectivity index (χ3v) is 13.3. The number of pyridine rings is 1. The van der Waals surface area contributed by atoms with E-state index < -0.39 is 119 Å². The van der Waals surface area contributed by atoms with Crippen LogP contribution in [-0.2, 0) is 69.4 Å². The maximum atomic E-state index is 12.7. The minimum Gasteiger partial charge on any atom is -0.368 e. The van der Waals surface area contributed by atoms with Gasteiger partial charge in [0.1, 0.15) is 44.1 Å². The van der Waals surface area contributed by atoms with Gasteiger partial charge in [0.2, 0.25) is 0 Å². The maximum Gasteiger partial charge on any atom is 0.397 e. The Hall–Kier alpha value is -5.42. The van der Waals surface area contributed by atoms with Gasteiger partial charge < -0.3 is 10.6 Å². The van der Waals surface area contributed by atoms with Gasteiger partial charge in [-0.25, -0.2) is 21.8 Å². The van der Waals surface area contributed by atoms with E-state index >= 15 is 0 Å². The smallest absolute Gasteiger partial charge is 0.368 e. The predicted octanol–water partition coefficient (Wildman–Crippen LogP) is 1.18. The van der Waals surface area contributed by atoms with Crippen LogP contribution < -0.4 is 10.6 Å². The monoisotopic (exact) mass is 999 g/mol. The van der Waals surface area contributed by atoms with Gasteiger partial charge in [-0.1, -0.05) is 6.07 Å². The number of hydrogen-bond donors (Lipinski definition) is 7. The molecule has 0 radical (unpaired) electrons. The van der Waals surface area contributed by atoms with Crippen LogP contribution in [0.5, 0.6) is 0 Å². The van der Waals surface area contributed by atoms with Crippen LogP contribution in [0.25, 0.3) is 27.5 Å². The molecule has 0 saturated carbocycles. The summed E-state index contributed by atoms with van der Waals surface area (Å²) >= 11 is 0. The second-order valence-electron chi connectivity index (χ2n) is 12.5. The molecule has 0 aliphatic heterocycles. The summed E-state index contributed by atoms with van der Waals surface area (Å²) in [7, 11) is -29.1. The number of rotatable bonds is 19. The third-order valence-electron chi connectivity index (χ3n) is 8.19. The van der Waals surface area contributed by atoms with Gasteiger partial charge in [0.25, 0.3) is 30.4 Å². The molecule has 340 valence electrons. The number of aromatic nitrogens is 4. The zero-order valence-corrected chi connectivity index (χ0v) is 36.2. The fourth-order valence-electron chi connectivity index (χ4n) is 5.47. The lowest BCUT2D eigenvalue weighted by molar-refractivity contribution is 0.278. The molecule has 0 bridgehead atoms. The summed E-state index contributed by atoms with van der Waals surface area (Å²) in [5, 5.41) is 31.1. The van der Waals surface area contributed by atoms with Crippen molar-refractivity contribution in [1.82, 2.24) is 20.0 Å². The lowest BCUT2D eigenvalue weighted by Crippen LogP contribution is -2.23. The summed E-state index contributed by atoms with van der Waals surface area (Å²) in [6, 6.07) is 8.60. The minimum atomic E-state index is -5.19. The first-order valence-corrected chi connectivity index (χ1v) is 25.5. The highest BCUT2D eigenvalue weighted by molar-refractivity contribution is 7.91. The number of nitrogens with one attached hydrogen (secondary N) is 2. The molecule has 0 amide bonds. The van der Waals surface area contributed by atoms with Crippen molar-refractivity contribution >= 4 is 106 Å². The second-order valence-corrected chi connectivity index (χ2v) is 21.2. The van der Waals surface area contributed by atoms with E-state index in [0.29, 0.717) is 6.07 Å². The second kappa shape index (κ2) is 18.0.